The van der Waals surface area contributed by atoms with Crippen molar-refractivity contribution in [3.05, 3.63) is 63.8 Å². The second kappa shape index (κ2) is 9.58. The number of hydrogen-bond donors (Lipinski definition) is 0. The lowest BCUT2D eigenvalue weighted by atomic mass is 10.1. The summed E-state index contributed by atoms with van der Waals surface area (Å²) >= 11 is 3.43. The number of halogens is 1. The normalized spacial score (nSPS) is 14.3. The Labute approximate surface area is 183 Å². The Morgan fingerprint density at radius 3 is 2.63 bits per heavy atom. The molecule has 156 valence electrons. The highest BCUT2D eigenvalue weighted by atomic mass is 79.9. The van der Waals surface area contributed by atoms with Crippen molar-refractivity contribution in [1.82, 2.24) is 4.90 Å². The van der Waals surface area contributed by atoms with Crippen LogP contribution >= 0.6 is 15.9 Å². The van der Waals surface area contributed by atoms with E-state index in [4.69, 9.17) is 14.2 Å². The summed E-state index contributed by atoms with van der Waals surface area (Å²) in [4.78, 5) is 29.8. The van der Waals surface area contributed by atoms with Gasteiger partial charge in [-0.15, -0.1) is 0 Å². The molecule has 0 spiro atoms. The molecule has 0 saturated carbocycles. The standard InChI is InChI=1S/C22H21BrN2O5/c1-4-28-19-12-14(9-10-18(19)29-13-20(26)25(2)3)11-17-22(27)30-21(24-17)15-7-5-6-8-16(15)23/h5-12H,4,13H2,1-3H3/b17-11-. The van der Waals surface area contributed by atoms with Crippen LogP contribution in [0.5, 0.6) is 11.5 Å². The molecule has 3 rings (SSSR count). The van der Waals surface area contributed by atoms with E-state index in [1.165, 1.54) is 4.90 Å². The number of carbonyl (C=O) groups is 2. The second-order valence-electron chi connectivity index (χ2n) is 6.53. The Balaban J connectivity index is 1.85. The number of cyclic esters (lactones) is 1. The van der Waals surface area contributed by atoms with Crippen LogP contribution in [0.15, 0.2) is 57.6 Å². The highest BCUT2D eigenvalue weighted by Gasteiger charge is 2.25. The van der Waals surface area contributed by atoms with Gasteiger partial charge >= 0.3 is 5.97 Å². The molecule has 1 heterocycles. The Morgan fingerprint density at radius 2 is 1.93 bits per heavy atom. The molecule has 30 heavy (non-hydrogen) atoms. The van der Waals surface area contributed by atoms with Crippen LogP contribution in [0.2, 0.25) is 0 Å². The molecule has 0 radical (unpaired) electrons. The van der Waals surface area contributed by atoms with Crippen molar-refractivity contribution in [1.29, 1.82) is 0 Å². The second-order valence-corrected chi connectivity index (χ2v) is 7.39. The number of benzene rings is 2. The van der Waals surface area contributed by atoms with Gasteiger partial charge in [0.2, 0.25) is 5.90 Å². The predicted molar refractivity (Wildman–Crippen MR) is 117 cm³/mol. The molecule has 1 amide bonds. The maximum atomic E-state index is 12.3. The van der Waals surface area contributed by atoms with E-state index in [1.54, 1.807) is 38.4 Å². The van der Waals surface area contributed by atoms with Crippen LogP contribution in [0.1, 0.15) is 18.1 Å². The van der Waals surface area contributed by atoms with E-state index in [-0.39, 0.29) is 24.1 Å². The van der Waals surface area contributed by atoms with Crippen LogP contribution in [-0.4, -0.2) is 50.0 Å². The average molecular weight is 473 g/mol. The Kier molecular flexibility index (Phi) is 6.89. The topological polar surface area (TPSA) is 77.4 Å². The first-order valence-electron chi connectivity index (χ1n) is 9.26. The zero-order valence-electron chi connectivity index (χ0n) is 16.8. The molecule has 7 nitrogen and oxygen atoms in total. The lowest BCUT2D eigenvalue weighted by molar-refractivity contribution is -0.131. The third-order valence-corrected chi connectivity index (χ3v) is 4.84. The molecule has 2 aromatic carbocycles. The summed E-state index contributed by atoms with van der Waals surface area (Å²) in [5.41, 5.74) is 1.56. The molecule has 0 N–H and O–H groups in total. The van der Waals surface area contributed by atoms with Crippen molar-refractivity contribution in [2.45, 2.75) is 6.92 Å². The van der Waals surface area contributed by atoms with Gasteiger partial charge < -0.3 is 19.1 Å². The molecule has 8 heteroatoms. The van der Waals surface area contributed by atoms with Crippen LogP contribution in [0.3, 0.4) is 0 Å². The first-order valence-corrected chi connectivity index (χ1v) is 10.1. The molecule has 0 atom stereocenters. The maximum Gasteiger partial charge on any atom is 0.363 e. The van der Waals surface area contributed by atoms with Crippen molar-refractivity contribution < 1.29 is 23.8 Å². The van der Waals surface area contributed by atoms with Crippen molar-refractivity contribution in [3.63, 3.8) is 0 Å². The quantitative estimate of drug-likeness (QED) is 0.453. The van der Waals surface area contributed by atoms with Gasteiger partial charge in [0.05, 0.1) is 12.2 Å². The van der Waals surface area contributed by atoms with E-state index in [1.807, 2.05) is 31.2 Å². The van der Waals surface area contributed by atoms with Crippen molar-refractivity contribution in [2.24, 2.45) is 4.99 Å². The fraction of sp³-hybridized carbons (Fsp3) is 0.227. The van der Waals surface area contributed by atoms with Crippen molar-refractivity contribution in [3.8, 4) is 11.5 Å². The third kappa shape index (κ3) is 5.07. The number of rotatable bonds is 7. The summed E-state index contributed by atoms with van der Waals surface area (Å²) in [5.74, 6) is 0.466. The lowest BCUT2D eigenvalue weighted by Crippen LogP contribution is -2.27. The zero-order chi connectivity index (χ0) is 21.7. The van der Waals surface area contributed by atoms with Crippen LogP contribution in [0.4, 0.5) is 0 Å². The number of hydrogen-bond acceptors (Lipinski definition) is 6. The van der Waals surface area contributed by atoms with Gasteiger partial charge in [0.1, 0.15) is 0 Å². The van der Waals surface area contributed by atoms with E-state index in [0.29, 0.717) is 29.2 Å². The van der Waals surface area contributed by atoms with Gasteiger partial charge in [0, 0.05) is 18.6 Å². The number of aliphatic imine (C=N–C) groups is 1. The summed E-state index contributed by atoms with van der Waals surface area (Å²) in [6, 6.07) is 12.5. The van der Waals surface area contributed by atoms with Gasteiger partial charge in [0.25, 0.3) is 5.91 Å². The van der Waals surface area contributed by atoms with Crippen molar-refractivity contribution >= 4 is 39.8 Å². The Hall–Kier alpha value is -3.13. The summed E-state index contributed by atoms with van der Waals surface area (Å²) in [6.07, 6.45) is 1.61. The highest BCUT2D eigenvalue weighted by Crippen LogP contribution is 2.30. The van der Waals surface area contributed by atoms with Crippen LogP contribution in [0, 0.1) is 0 Å². The summed E-state index contributed by atoms with van der Waals surface area (Å²) < 4.78 is 17.3. The van der Waals surface area contributed by atoms with E-state index in [9.17, 15) is 9.59 Å². The molecule has 1 aliphatic heterocycles. The molecule has 0 aromatic heterocycles. The van der Waals surface area contributed by atoms with Crippen molar-refractivity contribution in [2.75, 3.05) is 27.3 Å². The Bertz CT molecular complexity index is 1030. The van der Waals surface area contributed by atoms with Gasteiger partial charge in [-0.1, -0.05) is 18.2 Å². The number of nitrogens with zero attached hydrogens (tertiary/aromatic N) is 2. The van der Waals surface area contributed by atoms with E-state index in [2.05, 4.69) is 20.9 Å². The van der Waals surface area contributed by atoms with Gasteiger partial charge in [-0.2, -0.15) is 0 Å². The van der Waals surface area contributed by atoms with Crippen LogP contribution < -0.4 is 9.47 Å². The van der Waals surface area contributed by atoms with E-state index in [0.717, 1.165) is 4.47 Å². The van der Waals surface area contributed by atoms with E-state index < -0.39 is 5.97 Å². The number of ether oxygens (including phenoxy) is 3. The Morgan fingerprint density at radius 1 is 1.17 bits per heavy atom. The van der Waals surface area contributed by atoms with E-state index >= 15 is 0 Å². The average Bonchev–Trinajstić information content (AvgIpc) is 3.07. The molecule has 0 fully saturated rings. The number of esters is 1. The minimum Gasteiger partial charge on any atom is -0.490 e. The molecule has 0 aliphatic carbocycles. The maximum absolute atomic E-state index is 12.3. The zero-order valence-corrected chi connectivity index (χ0v) is 18.4. The SMILES string of the molecule is CCOc1cc(/C=C2\N=C(c3ccccc3Br)OC2=O)ccc1OCC(=O)N(C)C. The number of carbonyl (C=O) groups excluding carboxylic acids is 2. The molecule has 1 aliphatic rings. The smallest absolute Gasteiger partial charge is 0.363 e. The first kappa shape index (κ1) is 21.6. The summed E-state index contributed by atoms with van der Waals surface area (Å²) in [5, 5.41) is 0. The molecular weight excluding hydrogens is 452 g/mol. The minimum atomic E-state index is -0.532. The monoisotopic (exact) mass is 472 g/mol. The van der Waals surface area contributed by atoms with Gasteiger partial charge in [-0.3, -0.25) is 4.79 Å². The lowest BCUT2D eigenvalue weighted by Gasteiger charge is -2.14. The van der Waals surface area contributed by atoms with Crippen LogP contribution in [0.25, 0.3) is 6.08 Å². The van der Waals surface area contributed by atoms with Crippen LogP contribution in [-0.2, 0) is 14.3 Å². The van der Waals surface area contributed by atoms with Gasteiger partial charge in [-0.05, 0) is 58.8 Å². The summed E-state index contributed by atoms with van der Waals surface area (Å²) in [6.45, 7) is 2.17. The first-order chi connectivity index (χ1) is 14.4. The highest BCUT2D eigenvalue weighted by molar-refractivity contribution is 9.10. The third-order valence-electron chi connectivity index (χ3n) is 4.15. The van der Waals surface area contributed by atoms with Gasteiger partial charge in [-0.25, -0.2) is 9.79 Å². The minimum absolute atomic E-state index is 0.0978. The molecule has 0 unspecified atom stereocenters. The molecular formula is C22H21BrN2O5. The fourth-order valence-corrected chi connectivity index (χ4v) is 3.04. The molecule has 2 aromatic rings. The summed E-state index contributed by atoms with van der Waals surface area (Å²) in [7, 11) is 3.32. The molecule has 0 saturated heterocycles. The largest absolute Gasteiger partial charge is 0.490 e. The fourth-order valence-electron chi connectivity index (χ4n) is 2.59. The number of amides is 1. The number of likely N-dealkylation sites (N-methyl/N-ethyl adjacent to an activating group) is 1. The molecule has 0 bridgehead atoms. The van der Waals surface area contributed by atoms with Gasteiger partial charge in [0.15, 0.2) is 23.8 Å². The predicted octanol–water partition coefficient (Wildman–Crippen LogP) is 3.66.